The van der Waals surface area contributed by atoms with Crippen LogP contribution in [-0.4, -0.2) is 11.0 Å². The van der Waals surface area contributed by atoms with E-state index in [2.05, 4.69) is 4.98 Å². The first-order chi connectivity index (χ1) is 8.66. The summed E-state index contributed by atoms with van der Waals surface area (Å²) in [5.74, 6) is -0.513. The molecule has 0 saturated carbocycles. The second-order valence-corrected chi connectivity index (χ2v) is 4.04. The smallest absolute Gasteiger partial charge is 0.340 e. The van der Waals surface area contributed by atoms with E-state index in [1.165, 1.54) is 12.3 Å². The van der Waals surface area contributed by atoms with Crippen molar-refractivity contribution < 1.29 is 9.53 Å². The van der Waals surface area contributed by atoms with Crippen molar-refractivity contribution in [3.63, 3.8) is 0 Å². The number of benzene rings is 1. The lowest BCUT2D eigenvalue weighted by Crippen LogP contribution is -2.08. The number of aromatic nitrogens is 1. The summed E-state index contributed by atoms with van der Waals surface area (Å²) >= 11 is 5.70. The van der Waals surface area contributed by atoms with E-state index in [4.69, 9.17) is 22.1 Å². The van der Waals surface area contributed by atoms with Gasteiger partial charge < -0.3 is 10.5 Å². The highest BCUT2D eigenvalue weighted by molar-refractivity contribution is 6.29. The van der Waals surface area contributed by atoms with E-state index >= 15 is 0 Å². The van der Waals surface area contributed by atoms with Crippen LogP contribution < -0.4 is 5.73 Å². The Morgan fingerprint density at radius 3 is 2.78 bits per heavy atom. The molecule has 2 rings (SSSR count). The molecule has 0 atom stereocenters. The SMILES string of the molecule is Nc1cnc(Cl)cc1C(=O)OCc1ccccc1. The van der Waals surface area contributed by atoms with Gasteiger partial charge in [-0.3, -0.25) is 0 Å². The molecule has 0 bridgehead atoms. The van der Waals surface area contributed by atoms with E-state index in [1.54, 1.807) is 0 Å². The summed E-state index contributed by atoms with van der Waals surface area (Å²) in [7, 11) is 0. The summed E-state index contributed by atoms with van der Waals surface area (Å²) in [6, 6.07) is 10.8. The van der Waals surface area contributed by atoms with Gasteiger partial charge in [-0.05, 0) is 11.6 Å². The lowest BCUT2D eigenvalue weighted by atomic mass is 10.2. The van der Waals surface area contributed by atoms with Crippen LogP contribution in [0.4, 0.5) is 5.69 Å². The van der Waals surface area contributed by atoms with Crippen LogP contribution in [0, 0.1) is 0 Å². The Balaban J connectivity index is 2.06. The zero-order chi connectivity index (χ0) is 13.0. The third-order valence-electron chi connectivity index (χ3n) is 2.33. The highest BCUT2D eigenvalue weighted by atomic mass is 35.5. The van der Waals surface area contributed by atoms with Gasteiger partial charge in [0.1, 0.15) is 11.8 Å². The Kier molecular flexibility index (Phi) is 3.79. The van der Waals surface area contributed by atoms with Gasteiger partial charge in [0.25, 0.3) is 0 Å². The molecule has 5 heteroatoms. The van der Waals surface area contributed by atoms with Gasteiger partial charge in [0.2, 0.25) is 0 Å². The van der Waals surface area contributed by atoms with E-state index in [1.807, 2.05) is 30.3 Å². The third kappa shape index (κ3) is 2.99. The predicted octanol–water partition coefficient (Wildman–Crippen LogP) is 2.67. The number of nitrogens with two attached hydrogens (primary N) is 1. The highest BCUT2D eigenvalue weighted by Crippen LogP contribution is 2.16. The number of nitrogen functional groups attached to an aromatic ring is 1. The van der Waals surface area contributed by atoms with Crippen molar-refractivity contribution in [3.8, 4) is 0 Å². The fourth-order valence-electron chi connectivity index (χ4n) is 1.42. The molecule has 0 fully saturated rings. The average molecular weight is 263 g/mol. The summed E-state index contributed by atoms with van der Waals surface area (Å²) in [5.41, 5.74) is 7.02. The van der Waals surface area contributed by atoms with Crippen molar-refractivity contribution in [2.24, 2.45) is 0 Å². The van der Waals surface area contributed by atoms with E-state index in [9.17, 15) is 4.79 Å². The first kappa shape index (κ1) is 12.4. The molecule has 92 valence electrons. The monoisotopic (exact) mass is 262 g/mol. The van der Waals surface area contributed by atoms with E-state index in [0.29, 0.717) is 0 Å². The number of anilines is 1. The molecule has 0 aliphatic carbocycles. The van der Waals surface area contributed by atoms with Crippen LogP contribution >= 0.6 is 11.6 Å². The zero-order valence-corrected chi connectivity index (χ0v) is 10.2. The summed E-state index contributed by atoms with van der Waals surface area (Å²) in [6.45, 7) is 0.194. The van der Waals surface area contributed by atoms with Crippen molar-refractivity contribution in [2.45, 2.75) is 6.61 Å². The molecule has 1 aromatic heterocycles. The maximum absolute atomic E-state index is 11.8. The minimum absolute atomic E-state index is 0.194. The van der Waals surface area contributed by atoms with Crippen LogP contribution in [0.5, 0.6) is 0 Å². The number of hydrogen-bond donors (Lipinski definition) is 1. The van der Waals surface area contributed by atoms with E-state index in [0.717, 1.165) is 5.56 Å². The second kappa shape index (κ2) is 5.51. The number of nitrogens with zero attached hydrogens (tertiary/aromatic N) is 1. The van der Waals surface area contributed by atoms with Crippen LogP contribution in [0.1, 0.15) is 15.9 Å². The number of carbonyl (C=O) groups is 1. The summed E-state index contributed by atoms with van der Waals surface area (Å²) in [6.07, 6.45) is 1.33. The molecule has 1 heterocycles. The molecular weight excluding hydrogens is 252 g/mol. The van der Waals surface area contributed by atoms with Crippen molar-refractivity contribution in [1.82, 2.24) is 4.98 Å². The number of pyridine rings is 1. The van der Waals surface area contributed by atoms with Gasteiger partial charge in [-0.2, -0.15) is 0 Å². The number of ether oxygens (including phenoxy) is 1. The lowest BCUT2D eigenvalue weighted by molar-refractivity contribution is 0.0474. The van der Waals surface area contributed by atoms with Crippen LogP contribution in [0.2, 0.25) is 5.15 Å². The first-order valence-electron chi connectivity index (χ1n) is 5.29. The Hall–Kier alpha value is -2.07. The van der Waals surface area contributed by atoms with Crippen LogP contribution in [0.15, 0.2) is 42.6 Å². The van der Waals surface area contributed by atoms with Gasteiger partial charge in [0.05, 0.1) is 17.4 Å². The quantitative estimate of drug-likeness (QED) is 0.682. The molecule has 1 aromatic carbocycles. The molecule has 0 amide bonds. The molecule has 2 N–H and O–H groups in total. The second-order valence-electron chi connectivity index (χ2n) is 3.66. The van der Waals surface area contributed by atoms with Crippen LogP contribution in [0.3, 0.4) is 0 Å². The van der Waals surface area contributed by atoms with Crippen LogP contribution in [0.25, 0.3) is 0 Å². The average Bonchev–Trinajstić information content (AvgIpc) is 2.40. The third-order valence-corrected chi connectivity index (χ3v) is 2.54. The standard InChI is InChI=1S/C13H11ClN2O2/c14-12-6-10(11(15)7-16-12)13(17)18-8-9-4-2-1-3-5-9/h1-7H,8,15H2. The highest BCUT2D eigenvalue weighted by Gasteiger charge is 2.12. The first-order valence-corrected chi connectivity index (χ1v) is 5.66. The number of carbonyl (C=O) groups excluding carboxylic acids is 1. The summed E-state index contributed by atoms with van der Waals surface area (Å²) in [4.78, 5) is 15.6. The van der Waals surface area contributed by atoms with Gasteiger partial charge >= 0.3 is 5.97 Å². The molecule has 0 aliphatic rings. The number of rotatable bonds is 3. The molecule has 0 unspecified atom stereocenters. The van der Waals surface area contributed by atoms with Crippen molar-refractivity contribution >= 4 is 23.3 Å². The van der Waals surface area contributed by atoms with Crippen molar-refractivity contribution in [3.05, 3.63) is 58.9 Å². The van der Waals surface area contributed by atoms with Gasteiger partial charge in [0.15, 0.2) is 0 Å². The topological polar surface area (TPSA) is 65.2 Å². The molecule has 0 aliphatic heterocycles. The van der Waals surface area contributed by atoms with E-state index in [-0.39, 0.29) is 23.0 Å². The fourth-order valence-corrected chi connectivity index (χ4v) is 1.58. The predicted molar refractivity (Wildman–Crippen MR) is 69.2 cm³/mol. The number of hydrogen-bond acceptors (Lipinski definition) is 4. The van der Waals surface area contributed by atoms with Gasteiger partial charge in [-0.25, -0.2) is 9.78 Å². The molecule has 0 spiro atoms. The molecule has 0 radical (unpaired) electrons. The fraction of sp³-hybridized carbons (Fsp3) is 0.0769. The Bertz CT molecular complexity index is 558. The van der Waals surface area contributed by atoms with Crippen molar-refractivity contribution in [1.29, 1.82) is 0 Å². The molecular formula is C13H11ClN2O2. The maximum Gasteiger partial charge on any atom is 0.340 e. The Morgan fingerprint density at radius 1 is 1.33 bits per heavy atom. The molecule has 4 nitrogen and oxygen atoms in total. The lowest BCUT2D eigenvalue weighted by Gasteiger charge is -2.07. The molecule has 18 heavy (non-hydrogen) atoms. The Morgan fingerprint density at radius 2 is 2.06 bits per heavy atom. The van der Waals surface area contributed by atoms with Gasteiger partial charge in [-0.1, -0.05) is 41.9 Å². The number of halogens is 1. The summed E-state index contributed by atoms with van der Waals surface area (Å²) < 4.78 is 5.14. The molecule has 0 saturated heterocycles. The minimum atomic E-state index is -0.513. The summed E-state index contributed by atoms with van der Waals surface area (Å²) in [5, 5.41) is 0.205. The van der Waals surface area contributed by atoms with Crippen LogP contribution in [-0.2, 0) is 11.3 Å². The Labute approximate surface area is 109 Å². The minimum Gasteiger partial charge on any atom is -0.457 e. The van der Waals surface area contributed by atoms with Crippen molar-refractivity contribution in [2.75, 3.05) is 5.73 Å². The van der Waals surface area contributed by atoms with E-state index < -0.39 is 5.97 Å². The number of esters is 1. The maximum atomic E-state index is 11.8. The zero-order valence-electron chi connectivity index (χ0n) is 9.47. The normalized spacial score (nSPS) is 10.1. The molecule has 2 aromatic rings. The largest absolute Gasteiger partial charge is 0.457 e. The van der Waals surface area contributed by atoms with Gasteiger partial charge in [0, 0.05) is 0 Å². The van der Waals surface area contributed by atoms with Gasteiger partial charge in [-0.15, -0.1) is 0 Å².